The summed E-state index contributed by atoms with van der Waals surface area (Å²) in [6, 6.07) is 9.12. The lowest BCUT2D eigenvalue weighted by atomic mass is 9.81. The summed E-state index contributed by atoms with van der Waals surface area (Å²) in [6.07, 6.45) is 12.3. The van der Waals surface area contributed by atoms with Crippen molar-refractivity contribution < 1.29 is 16.8 Å². The molecule has 0 spiro atoms. The summed E-state index contributed by atoms with van der Waals surface area (Å²) in [5.41, 5.74) is 0.613. The van der Waals surface area contributed by atoms with E-state index in [9.17, 15) is 16.8 Å². The molecule has 0 amide bonds. The summed E-state index contributed by atoms with van der Waals surface area (Å²) < 4.78 is 56.3. The molecule has 232 valence electrons. The summed E-state index contributed by atoms with van der Waals surface area (Å²) in [5, 5.41) is 23.3. The van der Waals surface area contributed by atoms with Gasteiger partial charge in [-0.1, -0.05) is 0 Å². The third-order valence-corrected chi connectivity index (χ3v) is 13.0. The minimum absolute atomic E-state index is 0.0568. The standard InChI is InChI=1S/C15H18N4O2S.C14H17N5O2S/c20-22(21,14-12-2-1-3-16-13(12)17-18-14)19-15-7-9-4-10(8-15)6-11(15)5-9;15-8-10-3-5-11(6-4-10)9-17-22(20,21)14-12-2-1-7-16-13(12)18-19-14/h1-3,9-11,19H,4-8H2,(H,16,17,18);1-2,7,10-11,17H,3-6,9H2,(H,16,18,19). The number of nitriles is 1. The van der Waals surface area contributed by atoms with Crippen LogP contribution < -0.4 is 9.44 Å². The Labute approximate surface area is 255 Å². The van der Waals surface area contributed by atoms with Crippen LogP contribution in [-0.2, 0) is 20.0 Å². The van der Waals surface area contributed by atoms with Gasteiger partial charge in [0.1, 0.15) is 0 Å². The number of nitrogens with one attached hydrogen (secondary N) is 4. The Morgan fingerprint density at radius 1 is 0.841 bits per heavy atom. The molecule has 15 heteroatoms. The zero-order valence-corrected chi connectivity index (χ0v) is 25.7. The fourth-order valence-corrected chi connectivity index (χ4v) is 10.9. The minimum atomic E-state index is -3.64. The van der Waals surface area contributed by atoms with Crippen LogP contribution in [0.5, 0.6) is 0 Å². The van der Waals surface area contributed by atoms with Crippen LogP contribution >= 0.6 is 0 Å². The highest BCUT2D eigenvalue weighted by molar-refractivity contribution is 7.90. The number of pyridine rings is 2. The van der Waals surface area contributed by atoms with Gasteiger partial charge in [0.2, 0.25) is 0 Å². The van der Waals surface area contributed by atoms with Crippen LogP contribution in [0.3, 0.4) is 0 Å². The maximum atomic E-state index is 12.9. The molecule has 4 aromatic heterocycles. The van der Waals surface area contributed by atoms with Crippen molar-refractivity contribution in [1.82, 2.24) is 39.8 Å². The number of aromatic nitrogens is 6. The molecule has 4 N–H and O–H groups in total. The van der Waals surface area contributed by atoms with Gasteiger partial charge in [-0.3, -0.25) is 10.2 Å². The van der Waals surface area contributed by atoms with Gasteiger partial charge in [-0.05, 0) is 106 Å². The third-order valence-electron chi connectivity index (χ3n) is 10.0. The fourth-order valence-electron chi connectivity index (χ4n) is 8.14. The summed E-state index contributed by atoms with van der Waals surface area (Å²) in [5.74, 6) is 2.33. The van der Waals surface area contributed by atoms with E-state index in [1.807, 2.05) is 0 Å². The number of nitrogens with zero attached hydrogens (tertiary/aromatic N) is 5. The van der Waals surface area contributed by atoms with E-state index in [0.717, 1.165) is 38.5 Å². The van der Waals surface area contributed by atoms with Crippen molar-refractivity contribution in [3.8, 4) is 6.07 Å². The predicted octanol–water partition coefficient (Wildman–Crippen LogP) is 3.38. The summed E-state index contributed by atoms with van der Waals surface area (Å²) >= 11 is 0. The van der Waals surface area contributed by atoms with Crippen LogP contribution in [0.25, 0.3) is 22.1 Å². The smallest absolute Gasteiger partial charge is 0.258 e. The number of fused-ring (bicyclic) bond motifs is 2. The highest BCUT2D eigenvalue weighted by Crippen LogP contribution is 2.60. The second kappa shape index (κ2) is 11.2. The lowest BCUT2D eigenvalue weighted by molar-refractivity contribution is 0.257. The van der Waals surface area contributed by atoms with Crippen LogP contribution in [0, 0.1) is 40.9 Å². The van der Waals surface area contributed by atoms with Crippen LogP contribution in [0.1, 0.15) is 57.8 Å². The van der Waals surface area contributed by atoms with Crippen molar-refractivity contribution in [2.24, 2.45) is 29.6 Å². The molecule has 0 radical (unpaired) electrons. The minimum Gasteiger partial charge on any atom is -0.263 e. The van der Waals surface area contributed by atoms with E-state index >= 15 is 0 Å². The van der Waals surface area contributed by atoms with Gasteiger partial charge in [0.05, 0.1) is 16.8 Å². The topological polar surface area (TPSA) is 199 Å². The van der Waals surface area contributed by atoms with Gasteiger partial charge in [0, 0.05) is 30.4 Å². The van der Waals surface area contributed by atoms with Crippen LogP contribution in [0.15, 0.2) is 46.7 Å². The molecule has 2 atom stereocenters. The van der Waals surface area contributed by atoms with Crippen molar-refractivity contribution in [3.63, 3.8) is 0 Å². The van der Waals surface area contributed by atoms with E-state index in [4.69, 9.17) is 5.26 Å². The molecule has 5 aliphatic rings. The third kappa shape index (κ3) is 5.38. The lowest BCUT2D eigenvalue weighted by Gasteiger charge is -2.33. The maximum absolute atomic E-state index is 12.9. The molecule has 4 bridgehead atoms. The summed E-state index contributed by atoms with van der Waals surface area (Å²) in [6.45, 7) is 0.390. The molecule has 0 aromatic carbocycles. The molecular weight excluding hydrogens is 603 g/mol. The van der Waals surface area contributed by atoms with Gasteiger partial charge in [-0.15, -0.1) is 0 Å². The van der Waals surface area contributed by atoms with Crippen molar-refractivity contribution in [2.75, 3.05) is 6.54 Å². The SMILES string of the molecule is N#CC1CCC(CNS(=O)(=O)c2[nH]nc3ncccc23)CC1.O=S(=O)(NC12CC3CC(CC1C3)C2)c1[nH]nc2ncccc12. The molecular formula is C29H35N9O4S2. The predicted molar refractivity (Wildman–Crippen MR) is 161 cm³/mol. The number of H-pyrrole nitrogens is 2. The van der Waals surface area contributed by atoms with Crippen molar-refractivity contribution >= 4 is 42.1 Å². The highest BCUT2D eigenvalue weighted by atomic mass is 32.2. The molecule has 2 unspecified atom stereocenters. The van der Waals surface area contributed by atoms with Crippen molar-refractivity contribution in [2.45, 2.75) is 73.4 Å². The van der Waals surface area contributed by atoms with Gasteiger partial charge < -0.3 is 0 Å². The summed E-state index contributed by atoms with van der Waals surface area (Å²) in [4.78, 5) is 8.11. The monoisotopic (exact) mass is 637 g/mol. The molecule has 9 rings (SSSR count). The van der Waals surface area contributed by atoms with Crippen molar-refractivity contribution in [3.05, 3.63) is 36.7 Å². The van der Waals surface area contributed by atoms with E-state index < -0.39 is 20.0 Å². The second-order valence-corrected chi connectivity index (χ2v) is 16.2. The van der Waals surface area contributed by atoms with Gasteiger partial charge in [-0.2, -0.15) is 15.5 Å². The van der Waals surface area contributed by atoms with Crippen LogP contribution in [-0.4, -0.2) is 59.3 Å². The number of hydrogen-bond acceptors (Lipinski definition) is 9. The number of aromatic amines is 2. The Morgan fingerprint density at radius 2 is 1.41 bits per heavy atom. The first-order valence-electron chi connectivity index (χ1n) is 15.2. The van der Waals surface area contributed by atoms with E-state index in [-0.39, 0.29) is 27.4 Å². The molecule has 4 aromatic rings. The molecule has 13 nitrogen and oxygen atoms in total. The molecule has 5 aliphatic carbocycles. The lowest BCUT2D eigenvalue weighted by Crippen LogP contribution is -2.49. The highest BCUT2D eigenvalue weighted by Gasteiger charge is 2.59. The quantitative estimate of drug-likeness (QED) is 0.234. The van der Waals surface area contributed by atoms with E-state index in [0.29, 0.717) is 46.4 Å². The maximum Gasteiger partial charge on any atom is 0.258 e. The van der Waals surface area contributed by atoms with E-state index in [1.165, 1.54) is 19.3 Å². The van der Waals surface area contributed by atoms with Crippen molar-refractivity contribution in [1.29, 1.82) is 5.26 Å². The van der Waals surface area contributed by atoms with Gasteiger partial charge in [-0.25, -0.2) is 36.2 Å². The zero-order chi connectivity index (χ0) is 30.5. The Hall–Kier alpha value is -3.45. The summed E-state index contributed by atoms with van der Waals surface area (Å²) in [7, 11) is -7.24. The molecule has 44 heavy (non-hydrogen) atoms. The number of hydrogen-bond donors (Lipinski definition) is 4. The first-order chi connectivity index (χ1) is 21.2. The van der Waals surface area contributed by atoms with E-state index in [2.05, 4.69) is 45.9 Å². The first kappa shape index (κ1) is 29.3. The molecule has 0 saturated heterocycles. The number of rotatable bonds is 7. The largest absolute Gasteiger partial charge is 0.263 e. The average Bonchev–Trinajstić information content (AvgIpc) is 3.75. The Kier molecular flexibility index (Phi) is 7.43. The zero-order valence-electron chi connectivity index (χ0n) is 24.1. The number of sulfonamides is 2. The fraction of sp³-hybridized carbons (Fsp3) is 0.552. The Morgan fingerprint density at radius 3 is 1.98 bits per heavy atom. The van der Waals surface area contributed by atoms with E-state index in [1.54, 1.807) is 36.7 Å². The van der Waals surface area contributed by atoms with Gasteiger partial charge in [0.25, 0.3) is 20.0 Å². The van der Waals surface area contributed by atoms with Gasteiger partial charge in [0.15, 0.2) is 21.3 Å². The average molecular weight is 638 g/mol. The van der Waals surface area contributed by atoms with Crippen LogP contribution in [0.4, 0.5) is 0 Å². The normalized spacial score (nSPS) is 29.5. The Bertz CT molecular complexity index is 1930. The first-order valence-corrected chi connectivity index (χ1v) is 18.1. The van der Waals surface area contributed by atoms with Gasteiger partial charge >= 0.3 is 0 Å². The molecule has 4 heterocycles. The molecule has 5 saturated carbocycles. The Balaban J connectivity index is 0.000000142. The molecule has 0 aliphatic heterocycles. The van der Waals surface area contributed by atoms with Crippen LogP contribution in [0.2, 0.25) is 0 Å². The molecule has 5 fully saturated rings. The second-order valence-electron chi connectivity index (χ2n) is 12.9.